The molecule has 2 unspecified atom stereocenters. The van der Waals surface area contributed by atoms with Gasteiger partial charge in [0.1, 0.15) is 5.54 Å². The predicted molar refractivity (Wildman–Crippen MR) is 63.5 cm³/mol. The Labute approximate surface area is 102 Å². The summed E-state index contributed by atoms with van der Waals surface area (Å²) in [6.45, 7) is 3.07. The number of carbonyl (C=O) groups is 1. The Morgan fingerprint density at radius 2 is 2.24 bits per heavy atom. The van der Waals surface area contributed by atoms with Crippen LogP contribution in [-0.4, -0.2) is 54.7 Å². The normalized spacial score (nSPS) is 38.5. The number of nitrogens with zero attached hydrogens (tertiary/aromatic N) is 1. The summed E-state index contributed by atoms with van der Waals surface area (Å²) >= 11 is 0. The average molecular weight is 239 g/mol. The van der Waals surface area contributed by atoms with Crippen LogP contribution in [0.5, 0.6) is 0 Å². The van der Waals surface area contributed by atoms with Crippen molar-refractivity contribution in [3.8, 4) is 0 Å². The van der Waals surface area contributed by atoms with Gasteiger partial charge in [-0.1, -0.05) is 0 Å². The van der Waals surface area contributed by atoms with Crippen LogP contribution < -0.4 is 11.1 Å². The van der Waals surface area contributed by atoms with Gasteiger partial charge in [-0.15, -0.1) is 0 Å². The van der Waals surface area contributed by atoms with E-state index in [1.807, 2.05) is 0 Å². The lowest BCUT2D eigenvalue weighted by Gasteiger charge is -2.23. The standard InChI is InChI=1S/C12H21N3O2/c13-12(4-6-17-8-12)11(16)14-9-3-5-15(7-9)10-1-2-10/h9-10H,1-8,13H2,(H,14,16). The lowest BCUT2D eigenvalue weighted by atomic mass is 9.99. The molecule has 3 N–H and O–H groups in total. The van der Waals surface area contributed by atoms with Crippen LogP contribution in [0, 0.1) is 0 Å². The molecule has 1 amide bonds. The third-order valence-electron chi connectivity index (χ3n) is 4.12. The van der Waals surface area contributed by atoms with Gasteiger partial charge in [0, 0.05) is 31.8 Å². The highest BCUT2D eigenvalue weighted by atomic mass is 16.5. The highest BCUT2D eigenvalue weighted by Gasteiger charge is 2.41. The predicted octanol–water partition coefficient (Wildman–Crippen LogP) is -0.543. The number of likely N-dealkylation sites (tertiary alicyclic amines) is 1. The second kappa shape index (κ2) is 4.23. The van der Waals surface area contributed by atoms with Crippen molar-refractivity contribution in [2.75, 3.05) is 26.3 Å². The summed E-state index contributed by atoms with van der Waals surface area (Å²) in [5.74, 6) is -0.0300. The van der Waals surface area contributed by atoms with Crippen molar-refractivity contribution in [3.63, 3.8) is 0 Å². The maximum atomic E-state index is 12.1. The molecule has 2 saturated heterocycles. The molecule has 3 rings (SSSR count). The van der Waals surface area contributed by atoms with Crippen molar-refractivity contribution < 1.29 is 9.53 Å². The molecule has 1 saturated carbocycles. The Hall–Kier alpha value is -0.650. The van der Waals surface area contributed by atoms with Gasteiger partial charge in [0.05, 0.1) is 6.61 Å². The Kier molecular flexibility index (Phi) is 2.84. The third kappa shape index (κ3) is 2.32. The smallest absolute Gasteiger partial charge is 0.242 e. The summed E-state index contributed by atoms with van der Waals surface area (Å²) in [7, 11) is 0. The molecule has 5 nitrogen and oxygen atoms in total. The first-order valence-corrected chi connectivity index (χ1v) is 6.59. The lowest BCUT2D eigenvalue weighted by molar-refractivity contribution is -0.127. The summed E-state index contributed by atoms with van der Waals surface area (Å²) in [6, 6.07) is 1.07. The van der Waals surface area contributed by atoms with E-state index in [4.69, 9.17) is 10.5 Å². The summed E-state index contributed by atoms with van der Waals surface area (Å²) in [4.78, 5) is 14.6. The number of hydrogen-bond donors (Lipinski definition) is 2. The highest BCUT2D eigenvalue weighted by molar-refractivity contribution is 5.86. The minimum Gasteiger partial charge on any atom is -0.379 e. The first-order chi connectivity index (χ1) is 8.17. The molecular weight excluding hydrogens is 218 g/mol. The van der Waals surface area contributed by atoms with Gasteiger partial charge < -0.3 is 15.8 Å². The highest BCUT2D eigenvalue weighted by Crippen LogP contribution is 2.30. The molecular formula is C12H21N3O2. The number of carbonyl (C=O) groups excluding carboxylic acids is 1. The SMILES string of the molecule is NC1(C(=O)NC2CCN(C3CC3)C2)CCOC1. The van der Waals surface area contributed by atoms with E-state index in [0.29, 0.717) is 19.6 Å². The summed E-state index contributed by atoms with van der Waals surface area (Å²) < 4.78 is 5.22. The molecule has 17 heavy (non-hydrogen) atoms. The van der Waals surface area contributed by atoms with Crippen molar-refractivity contribution in [1.82, 2.24) is 10.2 Å². The Morgan fingerprint density at radius 3 is 2.88 bits per heavy atom. The first kappa shape index (κ1) is 11.4. The Morgan fingerprint density at radius 1 is 1.41 bits per heavy atom. The van der Waals surface area contributed by atoms with Gasteiger partial charge in [0.15, 0.2) is 0 Å². The zero-order valence-corrected chi connectivity index (χ0v) is 10.2. The molecule has 1 aliphatic carbocycles. The van der Waals surface area contributed by atoms with E-state index in [9.17, 15) is 4.79 Å². The van der Waals surface area contributed by atoms with Crippen molar-refractivity contribution in [3.05, 3.63) is 0 Å². The second-order valence-corrected chi connectivity index (χ2v) is 5.64. The monoisotopic (exact) mass is 239 g/mol. The summed E-state index contributed by atoms with van der Waals surface area (Å²) in [5, 5.41) is 3.09. The average Bonchev–Trinajstić information content (AvgIpc) is 2.89. The number of rotatable bonds is 3. The molecule has 0 aromatic rings. The first-order valence-electron chi connectivity index (χ1n) is 6.59. The molecule has 5 heteroatoms. The molecule has 0 bridgehead atoms. The molecule has 0 radical (unpaired) electrons. The van der Waals surface area contributed by atoms with Gasteiger partial charge in [-0.05, 0) is 25.7 Å². The summed E-state index contributed by atoms with van der Waals surface area (Å²) in [5.41, 5.74) is 5.25. The second-order valence-electron chi connectivity index (χ2n) is 5.64. The quantitative estimate of drug-likeness (QED) is 0.694. The fourth-order valence-electron chi connectivity index (χ4n) is 2.77. The number of nitrogens with one attached hydrogen (secondary N) is 1. The van der Waals surface area contributed by atoms with Gasteiger partial charge in [-0.3, -0.25) is 9.69 Å². The Balaban J connectivity index is 1.51. The van der Waals surface area contributed by atoms with Crippen LogP contribution >= 0.6 is 0 Å². The van der Waals surface area contributed by atoms with Crippen LogP contribution in [0.25, 0.3) is 0 Å². The minimum absolute atomic E-state index is 0.0300. The molecule has 0 aromatic heterocycles. The molecule has 2 aliphatic heterocycles. The van der Waals surface area contributed by atoms with E-state index >= 15 is 0 Å². The van der Waals surface area contributed by atoms with E-state index in [0.717, 1.165) is 25.6 Å². The zero-order valence-electron chi connectivity index (χ0n) is 10.2. The fourth-order valence-corrected chi connectivity index (χ4v) is 2.77. The van der Waals surface area contributed by atoms with Gasteiger partial charge in [0.2, 0.25) is 5.91 Å². The molecule has 0 aromatic carbocycles. The molecule has 0 spiro atoms. The van der Waals surface area contributed by atoms with Gasteiger partial charge in [-0.2, -0.15) is 0 Å². The topological polar surface area (TPSA) is 67.6 Å². The molecule has 2 atom stereocenters. The summed E-state index contributed by atoms with van der Waals surface area (Å²) in [6.07, 6.45) is 4.35. The number of nitrogens with two attached hydrogens (primary N) is 1. The van der Waals surface area contributed by atoms with E-state index < -0.39 is 5.54 Å². The van der Waals surface area contributed by atoms with Crippen LogP contribution in [0.3, 0.4) is 0 Å². The molecule has 2 heterocycles. The lowest BCUT2D eigenvalue weighted by Crippen LogP contribution is -2.57. The maximum Gasteiger partial charge on any atom is 0.242 e. The Bertz CT molecular complexity index is 311. The fraction of sp³-hybridized carbons (Fsp3) is 0.917. The van der Waals surface area contributed by atoms with Crippen LogP contribution in [-0.2, 0) is 9.53 Å². The van der Waals surface area contributed by atoms with Crippen molar-refractivity contribution in [1.29, 1.82) is 0 Å². The van der Waals surface area contributed by atoms with E-state index in [1.54, 1.807) is 0 Å². The maximum absolute atomic E-state index is 12.1. The van der Waals surface area contributed by atoms with Gasteiger partial charge in [-0.25, -0.2) is 0 Å². The van der Waals surface area contributed by atoms with Gasteiger partial charge in [0.25, 0.3) is 0 Å². The van der Waals surface area contributed by atoms with E-state index in [-0.39, 0.29) is 11.9 Å². The number of amides is 1. The van der Waals surface area contributed by atoms with Gasteiger partial charge >= 0.3 is 0 Å². The minimum atomic E-state index is -0.785. The van der Waals surface area contributed by atoms with E-state index in [2.05, 4.69) is 10.2 Å². The van der Waals surface area contributed by atoms with Crippen molar-refractivity contribution >= 4 is 5.91 Å². The van der Waals surface area contributed by atoms with Crippen molar-refractivity contribution in [2.24, 2.45) is 5.73 Å². The molecule has 96 valence electrons. The number of ether oxygens (including phenoxy) is 1. The largest absolute Gasteiger partial charge is 0.379 e. The van der Waals surface area contributed by atoms with Crippen molar-refractivity contribution in [2.45, 2.75) is 43.3 Å². The van der Waals surface area contributed by atoms with E-state index in [1.165, 1.54) is 12.8 Å². The van der Waals surface area contributed by atoms with Crippen LogP contribution in [0.1, 0.15) is 25.7 Å². The van der Waals surface area contributed by atoms with Crippen LogP contribution in [0.4, 0.5) is 0 Å². The molecule has 3 fully saturated rings. The zero-order chi connectivity index (χ0) is 11.9. The van der Waals surface area contributed by atoms with Crippen LogP contribution in [0.15, 0.2) is 0 Å². The molecule has 3 aliphatic rings. The van der Waals surface area contributed by atoms with Crippen LogP contribution in [0.2, 0.25) is 0 Å². The number of hydrogen-bond acceptors (Lipinski definition) is 4. The third-order valence-corrected chi connectivity index (χ3v) is 4.12.